The number of piperidine rings is 1. The Kier molecular flexibility index (Phi) is 5.30. The molecule has 1 spiro atoms. The standard InChI is InChI=1S/C23H34N2O2/c1-3-14-24(2)20-18-10-6-7-11-19(18)23(21(20)26)12-15-25(16-13-23)22(27)17-8-4-5-9-17/h6-7,10-11,17,20-21,26H,3-5,8-9,12-16H2,1-2H3/t20-,21+/m1/s1. The number of hydrogen-bond donors (Lipinski definition) is 1. The summed E-state index contributed by atoms with van der Waals surface area (Å²) in [4.78, 5) is 17.2. The van der Waals surface area contributed by atoms with Gasteiger partial charge in [-0.3, -0.25) is 9.69 Å². The maximum absolute atomic E-state index is 12.8. The number of carbonyl (C=O) groups excluding carboxylic acids is 1. The topological polar surface area (TPSA) is 43.8 Å². The van der Waals surface area contributed by atoms with E-state index in [1.165, 1.54) is 24.0 Å². The maximum Gasteiger partial charge on any atom is 0.225 e. The van der Waals surface area contributed by atoms with E-state index in [0.717, 1.165) is 51.7 Å². The molecule has 2 atom stereocenters. The molecular formula is C23H34N2O2. The molecule has 1 aliphatic heterocycles. The number of aliphatic hydroxyl groups is 1. The lowest BCUT2D eigenvalue weighted by Gasteiger charge is -2.44. The minimum absolute atomic E-state index is 0.0678. The lowest BCUT2D eigenvalue weighted by Crippen LogP contribution is -2.51. The Morgan fingerprint density at radius 3 is 2.56 bits per heavy atom. The third-order valence-electron chi connectivity index (χ3n) is 7.40. The molecule has 2 fully saturated rings. The molecule has 1 saturated carbocycles. The van der Waals surface area contributed by atoms with Crippen LogP contribution in [-0.2, 0) is 10.2 Å². The van der Waals surface area contributed by atoms with E-state index >= 15 is 0 Å². The summed E-state index contributed by atoms with van der Waals surface area (Å²) in [5.41, 5.74) is 2.41. The Balaban J connectivity index is 1.55. The summed E-state index contributed by atoms with van der Waals surface area (Å²) >= 11 is 0. The normalized spacial score (nSPS) is 27.5. The molecule has 1 N–H and O–H groups in total. The Morgan fingerprint density at radius 1 is 1.22 bits per heavy atom. The van der Waals surface area contributed by atoms with Crippen molar-refractivity contribution in [1.29, 1.82) is 0 Å². The van der Waals surface area contributed by atoms with Gasteiger partial charge in [-0.1, -0.05) is 44.0 Å². The van der Waals surface area contributed by atoms with Crippen LogP contribution in [0.2, 0.25) is 0 Å². The van der Waals surface area contributed by atoms with E-state index in [4.69, 9.17) is 0 Å². The molecule has 1 aromatic carbocycles. The summed E-state index contributed by atoms with van der Waals surface area (Å²) in [6.07, 6.45) is 6.97. The van der Waals surface area contributed by atoms with Crippen LogP contribution in [-0.4, -0.2) is 53.6 Å². The van der Waals surface area contributed by atoms with Crippen LogP contribution in [0.25, 0.3) is 0 Å². The van der Waals surface area contributed by atoms with E-state index in [1.807, 2.05) is 0 Å². The number of likely N-dealkylation sites (N-methyl/N-ethyl adjacent to an activating group) is 1. The molecule has 4 rings (SSSR count). The van der Waals surface area contributed by atoms with E-state index in [-0.39, 0.29) is 17.4 Å². The summed E-state index contributed by atoms with van der Waals surface area (Å²) in [6, 6.07) is 8.67. The zero-order valence-corrected chi connectivity index (χ0v) is 16.9. The number of amides is 1. The van der Waals surface area contributed by atoms with Gasteiger partial charge in [0.15, 0.2) is 0 Å². The molecule has 0 unspecified atom stereocenters. The number of aliphatic hydroxyl groups excluding tert-OH is 1. The Bertz CT molecular complexity index is 675. The molecule has 1 amide bonds. The summed E-state index contributed by atoms with van der Waals surface area (Å²) in [6.45, 7) is 4.74. The summed E-state index contributed by atoms with van der Waals surface area (Å²) in [5, 5.41) is 11.5. The zero-order valence-electron chi connectivity index (χ0n) is 16.9. The molecule has 0 aromatic heterocycles. The molecular weight excluding hydrogens is 336 g/mol. The minimum Gasteiger partial charge on any atom is -0.390 e. The van der Waals surface area contributed by atoms with Gasteiger partial charge in [0.2, 0.25) is 5.91 Å². The van der Waals surface area contributed by atoms with Crippen LogP contribution < -0.4 is 0 Å². The van der Waals surface area contributed by atoms with Crippen molar-refractivity contribution < 1.29 is 9.90 Å². The minimum atomic E-state index is -0.393. The predicted octanol–water partition coefficient (Wildman–Crippen LogP) is 3.49. The van der Waals surface area contributed by atoms with Gasteiger partial charge in [-0.05, 0) is 56.8 Å². The van der Waals surface area contributed by atoms with Crippen LogP contribution in [0.1, 0.15) is 69.0 Å². The van der Waals surface area contributed by atoms with Crippen LogP contribution in [0.4, 0.5) is 0 Å². The van der Waals surface area contributed by atoms with E-state index in [0.29, 0.717) is 5.91 Å². The molecule has 0 radical (unpaired) electrons. The van der Waals surface area contributed by atoms with Crippen LogP contribution in [0, 0.1) is 5.92 Å². The van der Waals surface area contributed by atoms with Crippen LogP contribution in [0.3, 0.4) is 0 Å². The number of benzene rings is 1. The SMILES string of the molecule is CCCN(C)[C@@H]1c2ccccc2C2(CCN(C(=O)C3CCCC3)CC2)[C@H]1O. The fraction of sp³-hybridized carbons (Fsp3) is 0.696. The Labute approximate surface area is 163 Å². The molecule has 2 aliphatic carbocycles. The summed E-state index contributed by atoms with van der Waals surface area (Å²) < 4.78 is 0. The Morgan fingerprint density at radius 2 is 1.89 bits per heavy atom. The molecule has 0 bridgehead atoms. The second-order valence-corrected chi connectivity index (χ2v) is 8.92. The smallest absolute Gasteiger partial charge is 0.225 e. The molecule has 148 valence electrons. The van der Waals surface area contributed by atoms with Gasteiger partial charge in [0, 0.05) is 24.4 Å². The van der Waals surface area contributed by atoms with Gasteiger partial charge in [-0.15, -0.1) is 0 Å². The van der Waals surface area contributed by atoms with E-state index < -0.39 is 6.10 Å². The lowest BCUT2D eigenvalue weighted by molar-refractivity contribution is -0.138. The van der Waals surface area contributed by atoms with Crippen molar-refractivity contribution in [3.63, 3.8) is 0 Å². The molecule has 4 nitrogen and oxygen atoms in total. The summed E-state index contributed by atoms with van der Waals surface area (Å²) in [5.74, 6) is 0.617. The van der Waals surface area contributed by atoms with Gasteiger partial charge in [0.25, 0.3) is 0 Å². The number of nitrogens with zero attached hydrogens (tertiary/aromatic N) is 2. The van der Waals surface area contributed by atoms with Crippen LogP contribution >= 0.6 is 0 Å². The van der Waals surface area contributed by atoms with Gasteiger partial charge in [0.05, 0.1) is 12.1 Å². The second-order valence-electron chi connectivity index (χ2n) is 8.92. The molecule has 1 saturated heterocycles. The fourth-order valence-electron chi connectivity index (χ4n) is 5.93. The second kappa shape index (κ2) is 7.56. The molecule has 3 aliphatic rings. The van der Waals surface area contributed by atoms with E-state index in [9.17, 15) is 9.90 Å². The molecule has 4 heteroatoms. The monoisotopic (exact) mass is 370 g/mol. The van der Waals surface area contributed by atoms with Crippen LogP contribution in [0.15, 0.2) is 24.3 Å². The van der Waals surface area contributed by atoms with E-state index in [2.05, 4.69) is 48.0 Å². The van der Waals surface area contributed by atoms with Crippen molar-refractivity contribution >= 4 is 5.91 Å². The van der Waals surface area contributed by atoms with Crippen molar-refractivity contribution in [2.24, 2.45) is 5.92 Å². The van der Waals surface area contributed by atoms with Crippen molar-refractivity contribution in [3.8, 4) is 0 Å². The van der Waals surface area contributed by atoms with Crippen molar-refractivity contribution in [2.75, 3.05) is 26.7 Å². The maximum atomic E-state index is 12.8. The third-order valence-corrected chi connectivity index (χ3v) is 7.40. The van der Waals surface area contributed by atoms with Gasteiger partial charge < -0.3 is 10.0 Å². The highest BCUT2D eigenvalue weighted by Gasteiger charge is 2.53. The number of likely N-dealkylation sites (tertiary alicyclic amines) is 1. The average Bonchev–Trinajstić information content (AvgIpc) is 3.29. The third kappa shape index (κ3) is 3.11. The number of fused-ring (bicyclic) bond motifs is 2. The largest absolute Gasteiger partial charge is 0.390 e. The van der Waals surface area contributed by atoms with Gasteiger partial charge in [0.1, 0.15) is 0 Å². The first-order valence-electron chi connectivity index (χ1n) is 10.8. The highest BCUT2D eigenvalue weighted by atomic mass is 16.3. The number of rotatable bonds is 4. The van der Waals surface area contributed by atoms with Gasteiger partial charge in [-0.2, -0.15) is 0 Å². The first kappa shape index (κ1) is 18.9. The molecule has 1 aromatic rings. The quantitative estimate of drug-likeness (QED) is 0.882. The number of carbonyl (C=O) groups is 1. The van der Waals surface area contributed by atoms with Crippen molar-refractivity contribution in [2.45, 2.75) is 69.4 Å². The van der Waals surface area contributed by atoms with E-state index in [1.54, 1.807) is 0 Å². The molecule has 27 heavy (non-hydrogen) atoms. The number of hydrogen-bond acceptors (Lipinski definition) is 3. The lowest BCUT2D eigenvalue weighted by atomic mass is 9.71. The van der Waals surface area contributed by atoms with Gasteiger partial charge >= 0.3 is 0 Å². The first-order chi connectivity index (χ1) is 13.1. The highest BCUT2D eigenvalue weighted by Crippen LogP contribution is 2.52. The van der Waals surface area contributed by atoms with Crippen molar-refractivity contribution in [1.82, 2.24) is 9.80 Å². The average molecular weight is 371 g/mol. The summed E-state index contributed by atoms with van der Waals surface area (Å²) in [7, 11) is 2.13. The van der Waals surface area contributed by atoms with Crippen molar-refractivity contribution in [3.05, 3.63) is 35.4 Å². The first-order valence-corrected chi connectivity index (χ1v) is 10.8. The predicted molar refractivity (Wildman–Crippen MR) is 108 cm³/mol. The van der Waals surface area contributed by atoms with Crippen LogP contribution in [0.5, 0.6) is 0 Å². The highest BCUT2D eigenvalue weighted by molar-refractivity contribution is 5.79. The molecule has 1 heterocycles. The zero-order chi connectivity index (χ0) is 19.0. The fourth-order valence-corrected chi connectivity index (χ4v) is 5.93. The Hall–Kier alpha value is -1.39. The van der Waals surface area contributed by atoms with Gasteiger partial charge in [-0.25, -0.2) is 0 Å².